The van der Waals surface area contributed by atoms with Gasteiger partial charge in [0, 0.05) is 45.2 Å². The normalized spacial score (nSPS) is 27.5. The summed E-state index contributed by atoms with van der Waals surface area (Å²) in [5, 5.41) is 0. The summed E-state index contributed by atoms with van der Waals surface area (Å²) in [7, 11) is 1.81. The summed E-state index contributed by atoms with van der Waals surface area (Å²) in [5.74, 6) is 0.909. The van der Waals surface area contributed by atoms with Gasteiger partial charge in [-0.2, -0.15) is 0 Å². The number of hydrogen-bond acceptors (Lipinski definition) is 5. The number of aromatic nitrogens is 1. The zero-order chi connectivity index (χ0) is 16.6. The maximum atomic E-state index is 12.5. The molecule has 1 amide bonds. The lowest BCUT2D eigenvalue weighted by atomic mass is 9.71. The SMILES string of the molecule is COCC1CN(C2CCC2)CC12CCN(C(=O)c1cnco1)CC2. The molecular weight excluding hydrogens is 306 g/mol. The fourth-order valence-corrected chi connectivity index (χ4v) is 4.73. The molecule has 2 aliphatic heterocycles. The summed E-state index contributed by atoms with van der Waals surface area (Å²) in [6, 6.07) is 0.789. The van der Waals surface area contributed by atoms with E-state index in [0.29, 0.717) is 17.1 Å². The summed E-state index contributed by atoms with van der Waals surface area (Å²) in [6.07, 6.45) is 9.03. The van der Waals surface area contributed by atoms with Crippen LogP contribution in [0.1, 0.15) is 42.7 Å². The van der Waals surface area contributed by atoms with E-state index in [1.54, 1.807) is 0 Å². The minimum absolute atomic E-state index is 0.0283. The quantitative estimate of drug-likeness (QED) is 0.844. The number of methoxy groups -OCH3 is 1. The van der Waals surface area contributed by atoms with Crippen molar-refractivity contribution in [2.24, 2.45) is 11.3 Å². The molecule has 0 aromatic carbocycles. The predicted octanol–water partition coefficient (Wildman–Crippen LogP) is 2.03. The maximum Gasteiger partial charge on any atom is 0.291 e. The molecule has 3 fully saturated rings. The van der Waals surface area contributed by atoms with Crippen LogP contribution < -0.4 is 0 Å². The number of likely N-dealkylation sites (tertiary alicyclic amines) is 2. The molecule has 4 rings (SSSR count). The molecule has 1 atom stereocenters. The Balaban J connectivity index is 1.42. The first-order chi connectivity index (χ1) is 11.7. The number of amides is 1. The fourth-order valence-electron chi connectivity index (χ4n) is 4.73. The molecule has 0 N–H and O–H groups in total. The molecule has 2 saturated heterocycles. The number of piperidine rings is 1. The van der Waals surface area contributed by atoms with Crippen molar-refractivity contribution in [2.45, 2.75) is 38.1 Å². The van der Waals surface area contributed by atoms with E-state index in [0.717, 1.165) is 45.1 Å². The number of carbonyl (C=O) groups is 1. The van der Waals surface area contributed by atoms with Gasteiger partial charge in [-0.1, -0.05) is 6.42 Å². The van der Waals surface area contributed by atoms with Crippen molar-refractivity contribution in [1.82, 2.24) is 14.8 Å². The van der Waals surface area contributed by atoms with Crippen molar-refractivity contribution in [3.05, 3.63) is 18.4 Å². The number of hydrogen-bond donors (Lipinski definition) is 0. The van der Waals surface area contributed by atoms with Gasteiger partial charge in [0.05, 0.1) is 12.8 Å². The first-order valence-corrected chi connectivity index (χ1v) is 9.12. The average molecular weight is 333 g/mol. The summed E-state index contributed by atoms with van der Waals surface area (Å²) in [5.41, 5.74) is 0.309. The second-order valence-corrected chi connectivity index (χ2v) is 7.69. The van der Waals surface area contributed by atoms with E-state index in [1.165, 1.54) is 38.4 Å². The van der Waals surface area contributed by atoms with Crippen LogP contribution in [0.5, 0.6) is 0 Å². The Morgan fingerprint density at radius 1 is 1.42 bits per heavy atom. The predicted molar refractivity (Wildman–Crippen MR) is 88.7 cm³/mol. The van der Waals surface area contributed by atoms with Gasteiger partial charge in [-0.3, -0.25) is 9.69 Å². The number of oxazole rings is 1. The van der Waals surface area contributed by atoms with Crippen LogP contribution in [0.15, 0.2) is 17.0 Å². The van der Waals surface area contributed by atoms with Crippen LogP contribution in [0, 0.1) is 11.3 Å². The van der Waals surface area contributed by atoms with Crippen LogP contribution in [0.4, 0.5) is 0 Å². The van der Waals surface area contributed by atoms with Gasteiger partial charge < -0.3 is 14.1 Å². The van der Waals surface area contributed by atoms with Crippen molar-refractivity contribution in [2.75, 3.05) is 39.9 Å². The molecule has 0 bridgehead atoms. The molecule has 1 spiro atoms. The molecule has 6 heteroatoms. The Morgan fingerprint density at radius 3 is 2.79 bits per heavy atom. The third kappa shape index (κ3) is 2.75. The molecular formula is C18H27N3O3. The molecule has 1 aliphatic carbocycles. The molecule has 1 aromatic heterocycles. The summed E-state index contributed by atoms with van der Waals surface area (Å²) >= 11 is 0. The second-order valence-electron chi connectivity index (χ2n) is 7.69. The van der Waals surface area contributed by atoms with Gasteiger partial charge in [0.15, 0.2) is 6.39 Å². The molecule has 6 nitrogen and oxygen atoms in total. The fraction of sp³-hybridized carbons (Fsp3) is 0.778. The number of carbonyl (C=O) groups excluding carboxylic acids is 1. The van der Waals surface area contributed by atoms with Crippen molar-refractivity contribution in [3.8, 4) is 0 Å². The number of nitrogens with zero attached hydrogens (tertiary/aromatic N) is 3. The van der Waals surface area contributed by atoms with Gasteiger partial charge in [0.2, 0.25) is 5.76 Å². The Hall–Kier alpha value is -1.40. The molecule has 1 saturated carbocycles. The van der Waals surface area contributed by atoms with E-state index in [-0.39, 0.29) is 5.91 Å². The van der Waals surface area contributed by atoms with Crippen LogP contribution in [-0.2, 0) is 4.74 Å². The molecule has 3 aliphatic rings. The van der Waals surface area contributed by atoms with Crippen LogP contribution in [-0.4, -0.2) is 66.6 Å². The van der Waals surface area contributed by atoms with E-state index >= 15 is 0 Å². The minimum Gasteiger partial charge on any atom is -0.438 e. The minimum atomic E-state index is -0.0283. The van der Waals surface area contributed by atoms with Gasteiger partial charge >= 0.3 is 0 Å². The van der Waals surface area contributed by atoms with E-state index in [9.17, 15) is 4.79 Å². The summed E-state index contributed by atoms with van der Waals surface area (Å²) in [6.45, 7) is 4.78. The molecule has 132 valence electrons. The van der Waals surface area contributed by atoms with Gasteiger partial charge in [-0.05, 0) is 31.1 Å². The third-order valence-corrected chi connectivity index (χ3v) is 6.49. The Labute approximate surface area is 143 Å². The highest BCUT2D eigenvalue weighted by Crippen LogP contribution is 2.47. The number of rotatable bonds is 4. The standard InChI is InChI=1S/C18H27N3O3/c1-23-11-14-10-21(15-3-2-4-15)12-18(14)5-7-20(8-6-18)17(22)16-9-19-13-24-16/h9,13-15H,2-8,10-12H2,1H3. The summed E-state index contributed by atoms with van der Waals surface area (Å²) < 4.78 is 10.7. The van der Waals surface area contributed by atoms with E-state index in [4.69, 9.17) is 9.15 Å². The molecule has 3 heterocycles. The lowest BCUT2D eigenvalue weighted by Gasteiger charge is -2.43. The lowest BCUT2D eigenvalue weighted by molar-refractivity contribution is 0.0296. The Bertz CT molecular complexity index is 562. The Morgan fingerprint density at radius 2 is 2.21 bits per heavy atom. The van der Waals surface area contributed by atoms with Gasteiger partial charge in [0.1, 0.15) is 0 Å². The van der Waals surface area contributed by atoms with Crippen LogP contribution in [0.2, 0.25) is 0 Å². The highest BCUT2D eigenvalue weighted by molar-refractivity contribution is 5.91. The molecule has 1 unspecified atom stereocenters. The van der Waals surface area contributed by atoms with E-state index in [1.807, 2.05) is 12.0 Å². The number of ether oxygens (including phenoxy) is 1. The van der Waals surface area contributed by atoms with Crippen LogP contribution >= 0.6 is 0 Å². The smallest absolute Gasteiger partial charge is 0.291 e. The van der Waals surface area contributed by atoms with Crippen molar-refractivity contribution in [1.29, 1.82) is 0 Å². The van der Waals surface area contributed by atoms with Gasteiger partial charge in [-0.25, -0.2) is 4.98 Å². The van der Waals surface area contributed by atoms with Gasteiger partial charge in [0.25, 0.3) is 5.91 Å². The largest absolute Gasteiger partial charge is 0.438 e. The van der Waals surface area contributed by atoms with Crippen molar-refractivity contribution in [3.63, 3.8) is 0 Å². The van der Waals surface area contributed by atoms with E-state index in [2.05, 4.69) is 9.88 Å². The zero-order valence-electron chi connectivity index (χ0n) is 14.4. The maximum absolute atomic E-state index is 12.5. The van der Waals surface area contributed by atoms with E-state index < -0.39 is 0 Å². The first-order valence-electron chi connectivity index (χ1n) is 9.12. The lowest BCUT2D eigenvalue weighted by Crippen LogP contribution is -2.47. The van der Waals surface area contributed by atoms with Crippen LogP contribution in [0.25, 0.3) is 0 Å². The highest BCUT2D eigenvalue weighted by atomic mass is 16.5. The highest BCUT2D eigenvalue weighted by Gasteiger charge is 2.50. The molecule has 24 heavy (non-hydrogen) atoms. The topological polar surface area (TPSA) is 58.8 Å². The zero-order valence-corrected chi connectivity index (χ0v) is 14.4. The molecule has 0 radical (unpaired) electrons. The molecule has 1 aromatic rings. The first kappa shape index (κ1) is 16.1. The monoisotopic (exact) mass is 333 g/mol. The van der Waals surface area contributed by atoms with Crippen LogP contribution in [0.3, 0.4) is 0 Å². The Kier molecular flexibility index (Phi) is 4.35. The van der Waals surface area contributed by atoms with Crippen molar-refractivity contribution < 1.29 is 13.9 Å². The third-order valence-electron chi connectivity index (χ3n) is 6.49. The van der Waals surface area contributed by atoms with Gasteiger partial charge in [-0.15, -0.1) is 0 Å². The second kappa shape index (κ2) is 6.48. The summed E-state index contributed by atoms with van der Waals surface area (Å²) in [4.78, 5) is 20.9. The van der Waals surface area contributed by atoms with Crippen molar-refractivity contribution >= 4 is 5.91 Å². The average Bonchev–Trinajstić information content (AvgIpc) is 3.16.